The number of halogens is 3. The Hall–Kier alpha value is -2.75. The zero-order chi connectivity index (χ0) is 21.3. The van der Waals surface area contributed by atoms with Crippen LogP contribution in [-0.2, 0) is 0 Å². The number of anilines is 1. The second kappa shape index (κ2) is 8.55. The molecule has 2 aromatic heterocycles. The summed E-state index contributed by atoms with van der Waals surface area (Å²) in [6, 6.07) is 10.3. The maximum absolute atomic E-state index is 14.1. The Labute approximate surface area is 179 Å². The van der Waals surface area contributed by atoms with Gasteiger partial charge in [0.15, 0.2) is 10.8 Å². The molecule has 30 heavy (non-hydrogen) atoms. The molecule has 154 valence electrons. The molecule has 0 aliphatic heterocycles. The molecule has 4 rings (SSSR count). The Morgan fingerprint density at radius 3 is 2.73 bits per heavy atom. The number of aromatic amines is 1. The minimum absolute atomic E-state index is 0.125. The van der Waals surface area contributed by atoms with Crippen LogP contribution in [0.1, 0.15) is 6.92 Å². The Bertz CT molecular complexity index is 1220. The fraction of sp³-hybridized carbons (Fsp3) is 0.150. The van der Waals surface area contributed by atoms with Crippen molar-refractivity contribution in [3.8, 4) is 11.3 Å². The number of nitrogens with zero attached hydrogens (tertiary/aromatic N) is 3. The predicted molar refractivity (Wildman–Crippen MR) is 113 cm³/mol. The van der Waals surface area contributed by atoms with Crippen LogP contribution in [-0.4, -0.2) is 37.9 Å². The predicted octanol–water partition coefficient (Wildman–Crippen LogP) is 4.90. The van der Waals surface area contributed by atoms with E-state index in [0.717, 1.165) is 23.4 Å². The van der Waals surface area contributed by atoms with Crippen LogP contribution in [0.3, 0.4) is 0 Å². The lowest BCUT2D eigenvalue weighted by atomic mass is 10.1. The minimum atomic E-state index is -0.708. The molecule has 0 spiro atoms. The van der Waals surface area contributed by atoms with Crippen molar-refractivity contribution >= 4 is 40.2 Å². The van der Waals surface area contributed by atoms with E-state index in [1.807, 2.05) is 18.2 Å². The van der Waals surface area contributed by atoms with E-state index in [9.17, 15) is 13.9 Å². The maximum atomic E-state index is 14.1. The van der Waals surface area contributed by atoms with Crippen molar-refractivity contribution in [2.45, 2.75) is 23.0 Å². The molecule has 4 aromatic rings. The molecule has 3 N–H and O–H groups in total. The average Bonchev–Trinajstić information content (AvgIpc) is 3.14. The fourth-order valence-electron chi connectivity index (χ4n) is 2.85. The Kier molecular flexibility index (Phi) is 5.85. The number of hydrogen-bond acceptors (Lipinski definition) is 6. The second-order valence-electron chi connectivity index (χ2n) is 6.54. The highest BCUT2D eigenvalue weighted by molar-refractivity contribution is 7.99. The topological polar surface area (TPSA) is 86.7 Å². The van der Waals surface area contributed by atoms with Gasteiger partial charge in [0.1, 0.15) is 17.5 Å². The van der Waals surface area contributed by atoms with E-state index in [4.69, 9.17) is 11.6 Å². The number of H-pyrrole nitrogens is 1. The van der Waals surface area contributed by atoms with E-state index >= 15 is 0 Å². The quantitative estimate of drug-likeness (QED) is 0.365. The molecule has 0 saturated heterocycles. The molecule has 0 aliphatic carbocycles. The number of aliphatic hydroxyl groups excluding tert-OH is 1. The molecule has 0 fully saturated rings. The SMILES string of the molecule is CC(CO)Nc1nc(Sc2ccc(F)cc2F)nc2n[nH]c(-c3ccccc3Cl)c12. The molecule has 0 radical (unpaired) electrons. The normalized spacial score (nSPS) is 12.3. The highest BCUT2D eigenvalue weighted by Gasteiger charge is 2.20. The summed E-state index contributed by atoms with van der Waals surface area (Å²) in [5.74, 6) is -0.958. The summed E-state index contributed by atoms with van der Waals surface area (Å²) in [4.78, 5) is 9.09. The van der Waals surface area contributed by atoms with Crippen molar-refractivity contribution in [2.24, 2.45) is 0 Å². The van der Waals surface area contributed by atoms with Crippen molar-refractivity contribution in [3.63, 3.8) is 0 Å². The van der Waals surface area contributed by atoms with Crippen LogP contribution >= 0.6 is 23.4 Å². The third-order valence-electron chi connectivity index (χ3n) is 4.29. The number of rotatable bonds is 6. The fourth-order valence-corrected chi connectivity index (χ4v) is 3.84. The Morgan fingerprint density at radius 1 is 1.20 bits per heavy atom. The van der Waals surface area contributed by atoms with Crippen molar-refractivity contribution in [1.82, 2.24) is 20.2 Å². The molecule has 0 amide bonds. The first-order valence-electron chi connectivity index (χ1n) is 8.97. The van der Waals surface area contributed by atoms with Gasteiger partial charge in [-0.1, -0.05) is 29.8 Å². The van der Waals surface area contributed by atoms with Gasteiger partial charge in [-0.3, -0.25) is 5.10 Å². The van der Waals surface area contributed by atoms with Gasteiger partial charge in [-0.25, -0.2) is 18.7 Å². The smallest absolute Gasteiger partial charge is 0.196 e. The number of benzene rings is 2. The van der Waals surface area contributed by atoms with Crippen molar-refractivity contribution in [2.75, 3.05) is 11.9 Å². The largest absolute Gasteiger partial charge is 0.394 e. The van der Waals surface area contributed by atoms with E-state index < -0.39 is 11.6 Å². The Morgan fingerprint density at radius 2 is 2.00 bits per heavy atom. The van der Waals surface area contributed by atoms with Gasteiger partial charge in [0.2, 0.25) is 0 Å². The standard InChI is InChI=1S/C20H16ClF2N5OS/c1-10(9-29)24-18-16-17(12-4-2-3-5-13(12)21)27-28-19(16)26-20(25-18)30-15-7-6-11(22)8-14(15)23/h2-8,10,29H,9H2,1H3,(H2,24,25,26,27,28). The van der Waals surface area contributed by atoms with E-state index in [-0.39, 0.29) is 22.7 Å². The van der Waals surface area contributed by atoms with Crippen LogP contribution in [0.4, 0.5) is 14.6 Å². The average molecular weight is 448 g/mol. The van der Waals surface area contributed by atoms with Gasteiger partial charge < -0.3 is 10.4 Å². The molecule has 0 aliphatic rings. The second-order valence-corrected chi connectivity index (χ2v) is 7.95. The summed E-state index contributed by atoms with van der Waals surface area (Å²) in [6.07, 6.45) is 0. The highest BCUT2D eigenvalue weighted by Crippen LogP contribution is 2.37. The molecule has 1 atom stereocenters. The first-order valence-corrected chi connectivity index (χ1v) is 10.2. The zero-order valence-electron chi connectivity index (χ0n) is 15.7. The number of hydrogen-bond donors (Lipinski definition) is 3. The zero-order valence-corrected chi connectivity index (χ0v) is 17.2. The minimum Gasteiger partial charge on any atom is -0.394 e. The number of aromatic nitrogens is 4. The van der Waals surface area contributed by atoms with E-state index in [2.05, 4.69) is 25.5 Å². The van der Waals surface area contributed by atoms with Crippen LogP contribution in [0.25, 0.3) is 22.3 Å². The monoisotopic (exact) mass is 447 g/mol. The molecular weight excluding hydrogens is 432 g/mol. The number of nitrogens with one attached hydrogen (secondary N) is 2. The number of fused-ring (bicyclic) bond motifs is 1. The molecule has 6 nitrogen and oxygen atoms in total. The molecule has 0 bridgehead atoms. The summed E-state index contributed by atoms with van der Waals surface area (Å²) in [7, 11) is 0. The third kappa shape index (κ3) is 4.09. The van der Waals surface area contributed by atoms with E-state index in [1.165, 1.54) is 12.1 Å². The summed E-state index contributed by atoms with van der Waals surface area (Å²) in [6.45, 7) is 1.66. The molecule has 0 saturated carbocycles. The van der Waals surface area contributed by atoms with Crippen molar-refractivity contribution in [3.05, 3.63) is 59.1 Å². The van der Waals surface area contributed by atoms with Crippen LogP contribution in [0.2, 0.25) is 5.02 Å². The van der Waals surface area contributed by atoms with Gasteiger partial charge in [-0.05, 0) is 36.9 Å². The molecule has 1 unspecified atom stereocenters. The van der Waals surface area contributed by atoms with Crippen molar-refractivity contribution < 1.29 is 13.9 Å². The van der Waals surface area contributed by atoms with Gasteiger partial charge >= 0.3 is 0 Å². The van der Waals surface area contributed by atoms with Crippen LogP contribution in [0.15, 0.2) is 52.5 Å². The maximum Gasteiger partial charge on any atom is 0.196 e. The molecule has 10 heteroatoms. The van der Waals surface area contributed by atoms with Crippen LogP contribution in [0.5, 0.6) is 0 Å². The lowest BCUT2D eigenvalue weighted by Gasteiger charge is -2.14. The van der Waals surface area contributed by atoms with Gasteiger partial charge in [-0.15, -0.1) is 0 Å². The van der Waals surface area contributed by atoms with E-state index in [1.54, 1.807) is 13.0 Å². The number of aliphatic hydroxyl groups is 1. The summed E-state index contributed by atoms with van der Waals surface area (Å²) < 4.78 is 27.3. The summed E-state index contributed by atoms with van der Waals surface area (Å²) >= 11 is 7.29. The molecular formula is C20H16ClF2N5OS. The molecule has 2 aromatic carbocycles. The Balaban J connectivity index is 1.84. The van der Waals surface area contributed by atoms with Crippen LogP contribution < -0.4 is 5.32 Å². The highest BCUT2D eigenvalue weighted by atomic mass is 35.5. The molecule has 2 heterocycles. The first kappa shape index (κ1) is 20.5. The van der Waals surface area contributed by atoms with Gasteiger partial charge in [0.05, 0.1) is 22.6 Å². The van der Waals surface area contributed by atoms with Gasteiger partial charge in [0, 0.05) is 22.7 Å². The van der Waals surface area contributed by atoms with Gasteiger partial charge in [0.25, 0.3) is 0 Å². The van der Waals surface area contributed by atoms with Crippen molar-refractivity contribution in [1.29, 1.82) is 0 Å². The first-order chi connectivity index (χ1) is 14.5. The third-order valence-corrected chi connectivity index (χ3v) is 5.53. The van der Waals surface area contributed by atoms with E-state index in [0.29, 0.717) is 27.6 Å². The van der Waals surface area contributed by atoms with Crippen LogP contribution in [0, 0.1) is 11.6 Å². The lowest BCUT2D eigenvalue weighted by Crippen LogP contribution is -2.20. The lowest BCUT2D eigenvalue weighted by molar-refractivity contribution is 0.281. The summed E-state index contributed by atoms with van der Waals surface area (Å²) in [5.41, 5.74) is 1.68. The summed E-state index contributed by atoms with van der Waals surface area (Å²) in [5, 5.41) is 21.1. The van der Waals surface area contributed by atoms with Gasteiger partial charge in [-0.2, -0.15) is 5.10 Å².